The molecule has 1 aliphatic carbocycles. The number of halogens is 3. The number of fused-ring (bicyclic) bond motifs is 2. The fraction of sp³-hybridized carbons (Fsp3) is 0.333. The summed E-state index contributed by atoms with van der Waals surface area (Å²) in [5, 5.41) is 2.85. The summed E-state index contributed by atoms with van der Waals surface area (Å²) in [5.74, 6) is -0.399. The van der Waals surface area contributed by atoms with Gasteiger partial charge in [0.25, 0.3) is 5.91 Å². The smallest absolute Gasteiger partial charge is 0.319 e. The zero-order valence-corrected chi connectivity index (χ0v) is 15.1. The average Bonchev–Trinajstić information content (AvgIpc) is 2.81. The van der Waals surface area contributed by atoms with Gasteiger partial charge < -0.3 is 5.32 Å². The summed E-state index contributed by atoms with van der Waals surface area (Å²) >= 11 is 0. The van der Waals surface area contributed by atoms with E-state index in [9.17, 15) is 22.8 Å². The summed E-state index contributed by atoms with van der Waals surface area (Å²) in [6.07, 6.45) is -1.48. The first-order chi connectivity index (χ1) is 13.3. The van der Waals surface area contributed by atoms with Gasteiger partial charge in [-0.1, -0.05) is 36.4 Å². The van der Waals surface area contributed by atoms with Crippen LogP contribution in [0.4, 0.5) is 18.0 Å². The van der Waals surface area contributed by atoms with Gasteiger partial charge in [-0.15, -0.1) is 0 Å². The van der Waals surface area contributed by atoms with Crippen molar-refractivity contribution in [3.63, 3.8) is 0 Å². The fourth-order valence-electron chi connectivity index (χ4n) is 4.15. The molecule has 4 rings (SSSR count). The first kappa shape index (κ1) is 18.5. The molecule has 0 bridgehead atoms. The first-order valence-electron chi connectivity index (χ1n) is 9.20. The van der Waals surface area contributed by atoms with Gasteiger partial charge in [-0.2, -0.15) is 13.2 Å². The van der Waals surface area contributed by atoms with Crippen LogP contribution in [0.15, 0.2) is 48.5 Å². The minimum Gasteiger partial charge on any atom is -0.319 e. The van der Waals surface area contributed by atoms with Gasteiger partial charge in [-0.25, -0.2) is 4.79 Å². The molecule has 1 N–H and O–H groups in total. The van der Waals surface area contributed by atoms with Gasteiger partial charge in [0.1, 0.15) is 5.54 Å². The van der Waals surface area contributed by atoms with E-state index >= 15 is 0 Å². The molecule has 0 unspecified atom stereocenters. The van der Waals surface area contributed by atoms with Crippen LogP contribution in [-0.4, -0.2) is 16.8 Å². The lowest BCUT2D eigenvalue weighted by Crippen LogP contribution is -2.44. The van der Waals surface area contributed by atoms with Crippen molar-refractivity contribution in [2.75, 3.05) is 0 Å². The van der Waals surface area contributed by atoms with Crippen molar-refractivity contribution < 1.29 is 22.8 Å². The van der Waals surface area contributed by atoms with Crippen LogP contribution in [0.5, 0.6) is 0 Å². The maximum Gasteiger partial charge on any atom is 0.416 e. The van der Waals surface area contributed by atoms with E-state index < -0.39 is 29.2 Å². The number of amides is 3. The van der Waals surface area contributed by atoms with Crippen LogP contribution in [-0.2, 0) is 29.5 Å². The van der Waals surface area contributed by atoms with Crippen LogP contribution in [0.3, 0.4) is 0 Å². The summed E-state index contributed by atoms with van der Waals surface area (Å²) in [6, 6.07) is 11.7. The number of carbonyl (C=O) groups excluding carboxylic acids is 2. The van der Waals surface area contributed by atoms with Gasteiger partial charge >= 0.3 is 12.2 Å². The highest BCUT2D eigenvalue weighted by atomic mass is 19.4. The van der Waals surface area contributed by atoms with Crippen LogP contribution in [0.1, 0.15) is 41.5 Å². The van der Waals surface area contributed by atoms with E-state index in [-0.39, 0.29) is 12.1 Å². The van der Waals surface area contributed by atoms with Crippen LogP contribution in [0.25, 0.3) is 0 Å². The van der Waals surface area contributed by atoms with Crippen molar-refractivity contribution >= 4 is 11.9 Å². The highest BCUT2D eigenvalue weighted by Crippen LogP contribution is 2.39. The number of benzene rings is 2. The average molecular weight is 388 g/mol. The molecule has 1 aliphatic heterocycles. The Morgan fingerprint density at radius 1 is 1.04 bits per heavy atom. The number of hydrogen-bond donors (Lipinski definition) is 1. The topological polar surface area (TPSA) is 49.4 Å². The van der Waals surface area contributed by atoms with Crippen LogP contribution in [0.2, 0.25) is 0 Å². The second-order valence-electron chi connectivity index (χ2n) is 7.29. The third kappa shape index (κ3) is 3.04. The van der Waals surface area contributed by atoms with Gasteiger partial charge in [0.2, 0.25) is 0 Å². The summed E-state index contributed by atoms with van der Waals surface area (Å²) in [5.41, 5.74) is 0.141. The lowest BCUT2D eigenvalue weighted by atomic mass is 9.84. The maximum atomic E-state index is 13.3. The third-order valence-corrected chi connectivity index (χ3v) is 5.50. The Labute approximate surface area is 160 Å². The molecule has 1 saturated heterocycles. The van der Waals surface area contributed by atoms with E-state index in [0.29, 0.717) is 6.42 Å². The molecule has 1 fully saturated rings. The van der Waals surface area contributed by atoms with Crippen molar-refractivity contribution in [2.24, 2.45) is 0 Å². The van der Waals surface area contributed by atoms with Crippen LogP contribution in [0, 0.1) is 0 Å². The van der Waals surface area contributed by atoms with Crippen molar-refractivity contribution in [1.82, 2.24) is 10.2 Å². The number of alkyl halides is 3. The minimum absolute atomic E-state index is 0.196. The molecule has 28 heavy (non-hydrogen) atoms. The molecule has 4 nitrogen and oxygen atoms in total. The molecular weight excluding hydrogens is 369 g/mol. The quantitative estimate of drug-likeness (QED) is 0.777. The summed E-state index contributed by atoms with van der Waals surface area (Å²) in [7, 11) is 0. The molecule has 2 aliphatic rings. The van der Waals surface area contributed by atoms with Crippen molar-refractivity contribution in [2.45, 2.75) is 43.9 Å². The third-order valence-electron chi connectivity index (χ3n) is 5.50. The number of carbonyl (C=O) groups is 2. The fourth-order valence-corrected chi connectivity index (χ4v) is 4.15. The van der Waals surface area contributed by atoms with Crippen LogP contribution >= 0.6 is 0 Å². The molecule has 3 amide bonds. The van der Waals surface area contributed by atoms with Gasteiger partial charge in [-0.3, -0.25) is 9.69 Å². The Balaban J connectivity index is 1.67. The molecule has 1 spiro atoms. The first-order valence-corrected chi connectivity index (χ1v) is 9.20. The number of imide groups is 1. The summed E-state index contributed by atoms with van der Waals surface area (Å²) < 4.78 is 38.9. The van der Waals surface area contributed by atoms with E-state index in [4.69, 9.17) is 0 Å². The zero-order chi connectivity index (χ0) is 19.9. The van der Waals surface area contributed by atoms with Crippen molar-refractivity contribution in [3.8, 4) is 0 Å². The predicted molar refractivity (Wildman–Crippen MR) is 96.2 cm³/mol. The van der Waals surface area contributed by atoms with Crippen LogP contribution < -0.4 is 5.32 Å². The normalized spacial score (nSPS) is 22.2. The van der Waals surface area contributed by atoms with Crippen molar-refractivity contribution in [3.05, 3.63) is 70.8 Å². The Morgan fingerprint density at radius 2 is 1.82 bits per heavy atom. The number of nitrogens with one attached hydrogen (secondary N) is 1. The van der Waals surface area contributed by atoms with Crippen molar-refractivity contribution in [1.29, 1.82) is 0 Å². The molecular formula is C21H19F3N2O2. The Morgan fingerprint density at radius 3 is 2.61 bits per heavy atom. The number of urea groups is 1. The lowest BCUT2D eigenvalue weighted by molar-refractivity contribution is -0.137. The second-order valence-corrected chi connectivity index (χ2v) is 7.29. The van der Waals surface area contributed by atoms with Gasteiger partial charge in [0.15, 0.2) is 0 Å². The van der Waals surface area contributed by atoms with Gasteiger partial charge in [-0.05, 0) is 54.5 Å². The maximum absolute atomic E-state index is 13.3. The van der Waals surface area contributed by atoms with E-state index in [1.54, 1.807) is 0 Å². The molecule has 0 saturated carbocycles. The lowest BCUT2D eigenvalue weighted by Gasteiger charge is -2.27. The molecule has 2 aromatic carbocycles. The monoisotopic (exact) mass is 388 g/mol. The number of aryl methyl sites for hydroxylation is 1. The summed E-state index contributed by atoms with van der Waals surface area (Å²) in [6.45, 7) is -0.196. The molecule has 7 heteroatoms. The largest absolute Gasteiger partial charge is 0.416 e. The number of hydrogen-bond acceptors (Lipinski definition) is 2. The number of rotatable bonds is 2. The highest BCUT2D eigenvalue weighted by molar-refractivity contribution is 6.07. The SMILES string of the molecule is O=C1N[C@]2(CCCCc3ccccc32)C(=O)N1Cc1cccc(C(F)(F)F)c1. The van der Waals surface area contributed by atoms with E-state index in [1.807, 2.05) is 24.3 Å². The molecule has 1 atom stereocenters. The predicted octanol–water partition coefficient (Wildman–Crippen LogP) is 4.38. The molecule has 1 heterocycles. The number of nitrogens with zero attached hydrogens (tertiary/aromatic N) is 1. The molecule has 2 aromatic rings. The molecule has 0 aromatic heterocycles. The van der Waals surface area contributed by atoms with Gasteiger partial charge in [0, 0.05) is 0 Å². The highest BCUT2D eigenvalue weighted by Gasteiger charge is 2.53. The van der Waals surface area contributed by atoms with E-state index in [0.717, 1.165) is 47.4 Å². The zero-order valence-electron chi connectivity index (χ0n) is 15.1. The van der Waals surface area contributed by atoms with E-state index in [2.05, 4.69) is 5.32 Å². The molecule has 146 valence electrons. The Hall–Kier alpha value is -2.83. The Kier molecular flexibility index (Phi) is 4.40. The molecule has 0 radical (unpaired) electrons. The van der Waals surface area contributed by atoms with E-state index in [1.165, 1.54) is 12.1 Å². The standard InChI is InChI=1S/C21H19F3N2O2/c22-21(23,24)16-9-5-6-14(12-16)13-26-18(27)20(25-19(26)28)11-4-3-8-15-7-1-2-10-17(15)20/h1-2,5-7,9-10,12H,3-4,8,11,13H2,(H,25,28)/t20-/m0/s1. The minimum atomic E-state index is -4.48. The second kappa shape index (κ2) is 6.65. The Bertz CT molecular complexity index is 941. The van der Waals surface area contributed by atoms with Gasteiger partial charge in [0.05, 0.1) is 12.1 Å². The summed E-state index contributed by atoms with van der Waals surface area (Å²) in [4.78, 5) is 27.0.